The van der Waals surface area contributed by atoms with E-state index < -0.39 is 22.0 Å². The summed E-state index contributed by atoms with van der Waals surface area (Å²) in [6, 6.07) is 5.53. The number of sulfonamides is 1. The molecule has 1 fully saturated rings. The Morgan fingerprint density at radius 1 is 1.14 bits per heavy atom. The zero-order valence-corrected chi connectivity index (χ0v) is 12.9. The summed E-state index contributed by atoms with van der Waals surface area (Å²) in [4.78, 5) is 12.6. The van der Waals surface area contributed by atoms with Gasteiger partial charge in [-0.25, -0.2) is 12.7 Å². The van der Waals surface area contributed by atoms with E-state index in [4.69, 9.17) is 0 Å². The van der Waals surface area contributed by atoms with Crippen molar-refractivity contribution in [3.05, 3.63) is 29.8 Å². The second-order valence-corrected chi connectivity index (χ2v) is 7.45. The summed E-state index contributed by atoms with van der Waals surface area (Å²) in [6.07, 6.45) is 4.66. The van der Waals surface area contributed by atoms with E-state index in [-0.39, 0.29) is 10.5 Å². The lowest BCUT2D eigenvalue weighted by Gasteiger charge is -2.28. The van der Waals surface area contributed by atoms with Gasteiger partial charge >= 0.3 is 0 Å². The van der Waals surface area contributed by atoms with Crippen LogP contribution in [0.2, 0.25) is 0 Å². The van der Waals surface area contributed by atoms with Crippen molar-refractivity contribution in [3.8, 4) is 0 Å². The molecule has 1 aliphatic carbocycles. The van der Waals surface area contributed by atoms with Gasteiger partial charge in [-0.3, -0.25) is 4.79 Å². The van der Waals surface area contributed by atoms with Crippen molar-refractivity contribution in [3.63, 3.8) is 0 Å². The fraction of sp³-hybridized carbons (Fsp3) is 0.467. The highest BCUT2D eigenvalue weighted by Gasteiger charge is 2.46. The number of hydrogen-bond acceptors (Lipinski definition) is 5. The van der Waals surface area contributed by atoms with Crippen LogP contribution in [0.3, 0.4) is 0 Å². The van der Waals surface area contributed by atoms with Gasteiger partial charge in [0.05, 0.1) is 17.3 Å². The Balaban J connectivity index is 2.05. The molecule has 7 heteroatoms. The molecule has 0 spiro atoms. The van der Waals surface area contributed by atoms with Crippen molar-refractivity contribution in [1.29, 1.82) is 0 Å². The van der Waals surface area contributed by atoms with Gasteiger partial charge in [0.2, 0.25) is 0 Å². The van der Waals surface area contributed by atoms with Gasteiger partial charge in [0.25, 0.3) is 15.9 Å². The van der Waals surface area contributed by atoms with Crippen LogP contribution in [0.25, 0.3) is 0 Å². The van der Waals surface area contributed by atoms with E-state index in [0.29, 0.717) is 18.6 Å². The fourth-order valence-corrected chi connectivity index (χ4v) is 4.99. The first-order valence-electron chi connectivity index (χ1n) is 7.46. The molecule has 3 rings (SSSR count). The summed E-state index contributed by atoms with van der Waals surface area (Å²) in [5.74, 6) is -0.526. The first-order chi connectivity index (χ1) is 10.6. The zero-order chi connectivity index (χ0) is 15.7. The SMILES string of the molecule is O=C1c2ccccc2S(=O)(=O)N1[C@@H]1CCCCCC/C1=N/O. The normalized spacial score (nSPS) is 26.5. The number of fused-ring (bicyclic) bond motifs is 1. The van der Waals surface area contributed by atoms with Gasteiger partial charge < -0.3 is 5.21 Å². The minimum atomic E-state index is -3.87. The average Bonchev–Trinajstić information content (AvgIpc) is 2.68. The van der Waals surface area contributed by atoms with Crippen molar-refractivity contribution in [2.75, 3.05) is 0 Å². The highest BCUT2D eigenvalue weighted by atomic mass is 32.2. The number of hydrogen-bond donors (Lipinski definition) is 1. The topological polar surface area (TPSA) is 87.0 Å². The number of nitrogens with zero attached hydrogens (tertiary/aromatic N) is 2. The number of amides is 1. The van der Waals surface area contributed by atoms with Gasteiger partial charge in [-0.2, -0.15) is 0 Å². The van der Waals surface area contributed by atoms with Gasteiger partial charge in [-0.15, -0.1) is 0 Å². The third-order valence-corrected chi connectivity index (χ3v) is 6.16. The molecule has 1 atom stereocenters. The van der Waals surface area contributed by atoms with Crippen molar-refractivity contribution in [1.82, 2.24) is 4.31 Å². The summed E-state index contributed by atoms with van der Waals surface area (Å²) in [7, 11) is -3.87. The van der Waals surface area contributed by atoms with E-state index in [9.17, 15) is 18.4 Å². The second kappa shape index (κ2) is 5.72. The highest BCUT2D eigenvalue weighted by Crippen LogP contribution is 2.34. The van der Waals surface area contributed by atoms with Gasteiger partial charge in [0, 0.05) is 0 Å². The summed E-state index contributed by atoms with van der Waals surface area (Å²) in [5.41, 5.74) is 0.575. The molecule has 0 radical (unpaired) electrons. The zero-order valence-electron chi connectivity index (χ0n) is 12.1. The number of rotatable bonds is 1. The van der Waals surface area contributed by atoms with Crippen LogP contribution in [0.5, 0.6) is 0 Å². The highest BCUT2D eigenvalue weighted by molar-refractivity contribution is 7.90. The van der Waals surface area contributed by atoms with E-state index in [0.717, 1.165) is 30.0 Å². The third kappa shape index (κ3) is 2.29. The molecule has 1 heterocycles. The molecule has 0 unspecified atom stereocenters. The van der Waals surface area contributed by atoms with Crippen molar-refractivity contribution < 1.29 is 18.4 Å². The predicted octanol–water partition coefficient (Wildman–Crippen LogP) is 2.38. The third-order valence-electron chi connectivity index (χ3n) is 4.31. The molecule has 0 saturated heterocycles. The Morgan fingerprint density at radius 2 is 1.86 bits per heavy atom. The van der Waals surface area contributed by atoms with Crippen molar-refractivity contribution >= 4 is 21.6 Å². The molecule has 118 valence electrons. The van der Waals surface area contributed by atoms with E-state index in [1.165, 1.54) is 12.1 Å². The summed E-state index contributed by atoms with van der Waals surface area (Å²) in [5, 5.41) is 12.6. The van der Waals surface area contributed by atoms with E-state index in [1.807, 2.05) is 0 Å². The molecule has 1 amide bonds. The summed E-state index contributed by atoms with van der Waals surface area (Å²) >= 11 is 0. The molecule has 6 nitrogen and oxygen atoms in total. The van der Waals surface area contributed by atoms with Crippen LogP contribution >= 0.6 is 0 Å². The van der Waals surface area contributed by atoms with Crippen LogP contribution < -0.4 is 0 Å². The number of oxime groups is 1. The Labute approximate surface area is 129 Å². The number of carbonyl (C=O) groups is 1. The lowest BCUT2D eigenvalue weighted by molar-refractivity contribution is 0.0849. The lowest BCUT2D eigenvalue weighted by atomic mass is 9.94. The van der Waals surface area contributed by atoms with Crippen LogP contribution in [0.4, 0.5) is 0 Å². The Hall–Kier alpha value is -1.89. The summed E-state index contributed by atoms with van der Waals surface area (Å²) in [6.45, 7) is 0. The maximum atomic E-state index is 12.7. The molecule has 22 heavy (non-hydrogen) atoms. The molecule has 0 aromatic heterocycles. The molecular formula is C15H18N2O4S. The van der Waals surface area contributed by atoms with Crippen LogP contribution in [-0.2, 0) is 10.0 Å². The van der Waals surface area contributed by atoms with E-state index >= 15 is 0 Å². The Kier molecular flexibility index (Phi) is 3.90. The standard InChI is InChI=1S/C15H18N2O4S/c18-15-11-7-5-6-10-14(11)22(20,21)17(15)13-9-4-2-1-3-8-12(13)16-19/h5-7,10,13,19H,1-4,8-9H2/b16-12-/t13-/m1/s1. The summed E-state index contributed by atoms with van der Waals surface area (Å²) < 4.78 is 26.4. The molecule has 1 aliphatic heterocycles. The monoisotopic (exact) mass is 322 g/mol. The minimum absolute atomic E-state index is 0.0411. The quantitative estimate of drug-likeness (QED) is 0.635. The molecule has 1 saturated carbocycles. The van der Waals surface area contributed by atoms with Crippen LogP contribution in [-0.4, -0.2) is 35.6 Å². The second-order valence-electron chi connectivity index (χ2n) is 5.66. The first kappa shape index (κ1) is 15.0. The minimum Gasteiger partial charge on any atom is -0.411 e. The molecule has 2 aliphatic rings. The van der Waals surface area contributed by atoms with Gasteiger partial charge in [-0.05, 0) is 31.4 Å². The maximum absolute atomic E-state index is 12.7. The predicted molar refractivity (Wildman–Crippen MR) is 80.5 cm³/mol. The van der Waals surface area contributed by atoms with Crippen LogP contribution in [0.15, 0.2) is 34.3 Å². The number of benzene rings is 1. The van der Waals surface area contributed by atoms with Crippen LogP contribution in [0, 0.1) is 0 Å². The molecule has 1 N–H and O–H groups in total. The van der Waals surface area contributed by atoms with Crippen LogP contribution in [0.1, 0.15) is 48.9 Å². The largest absolute Gasteiger partial charge is 0.411 e. The maximum Gasteiger partial charge on any atom is 0.269 e. The Bertz CT molecular complexity index is 727. The molecule has 0 bridgehead atoms. The Morgan fingerprint density at radius 3 is 2.59 bits per heavy atom. The molecular weight excluding hydrogens is 304 g/mol. The van der Waals surface area contributed by atoms with Gasteiger partial charge in [-0.1, -0.05) is 36.6 Å². The molecule has 1 aromatic carbocycles. The van der Waals surface area contributed by atoms with E-state index in [1.54, 1.807) is 12.1 Å². The number of carbonyl (C=O) groups excluding carboxylic acids is 1. The first-order valence-corrected chi connectivity index (χ1v) is 8.90. The van der Waals surface area contributed by atoms with Crippen molar-refractivity contribution in [2.45, 2.75) is 49.5 Å². The lowest BCUT2D eigenvalue weighted by Crippen LogP contribution is -2.45. The van der Waals surface area contributed by atoms with Gasteiger partial charge in [0.1, 0.15) is 4.90 Å². The fourth-order valence-electron chi connectivity index (χ4n) is 3.21. The average molecular weight is 322 g/mol. The molecule has 1 aromatic rings. The van der Waals surface area contributed by atoms with E-state index in [2.05, 4.69) is 5.16 Å². The van der Waals surface area contributed by atoms with Gasteiger partial charge in [0.15, 0.2) is 0 Å². The smallest absolute Gasteiger partial charge is 0.269 e. The van der Waals surface area contributed by atoms with Crippen molar-refractivity contribution in [2.24, 2.45) is 5.16 Å².